The molecule has 1 saturated heterocycles. The SMILES string of the molecule is Cc1ccccc1N1C(=O)C[C@H](Sc2ccccc2C(=O)[O-])C1=O. The Kier molecular flexibility index (Phi) is 4.40. The first-order valence-electron chi connectivity index (χ1n) is 7.38. The summed E-state index contributed by atoms with van der Waals surface area (Å²) in [5, 5.41) is 10.5. The first-order chi connectivity index (χ1) is 11.5. The fourth-order valence-corrected chi connectivity index (χ4v) is 3.83. The van der Waals surface area contributed by atoms with E-state index in [9.17, 15) is 19.5 Å². The lowest BCUT2D eigenvalue weighted by Gasteiger charge is -2.17. The first-order valence-corrected chi connectivity index (χ1v) is 8.26. The summed E-state index contributed by atoms with van der Waals surface area (Å²) in [5.41, 5.74) is 1.43. The van der Waals surface area contributed by atoms with Gasteiger partial charge in [-0.25, -0.2) is 4.90 Å². The van der Waals surface area contributed by atoms with Crippen LogP contribution in [0.15, 0.2) is 53.4 Å². The third-order valence-corrected chi connectivity index (χ3v) is 5.10. The molecule has 122 valence electrons. The third kappa shape index (κ3) is 2.92. The van der Waals surface area contributed by atoms with E-state index in [4.69, 9.17) is 0 Å². The van der Waals surface area contributed by atoms with Crippen molar-refractivity contribution in [2.24, 2.45) is 0 Å². The van der Waals surface area contributed by atoms with E-state index in [1.807, 2.05) is 19.1 Å². The van der Waals surface area contributed by atoms with Crippen LogP contribution in [0, 0.1) is 6.92 Å². The van der Waals surface area contributed by atoms with E-state index < -0.39 is 11.2 Å². The molecule has 1 aliphatic rings. The number of nitrogens with zero attached hydrogens (tertiary/aromatic N) is 1. The van der Waals surface area contributed by atoms with Crippen LogP contribution in [0.1, 0.15) is 22.3 Å². The molecule has 1 heterocycles. The number of para-hydroxylation sites is 1. The Bertz CT molecular complexity index is 833. The van der Waals surface area contributed by atoms with Crippen molar-refractivity contribution < 1.29 is 19.5 Å². The van der Waals surface area contributed by atoms with E-state index in [2.05, 4.69) is 0 Å². The smallest absolute Gasteiger partial charge is 0.247 e. The van der Waals surface area contributed by atoms with Crippen LogP contribution in [-0.4, -0.2) is 23.0 Å². The van der Waals surface area contributed by atoms with E-state index in [-0.39, 0.29) is 23.8 Å². The molecule has 0 bridgehead atoms. The minimum Gasteiger partial charge on any atom is -0.545 e. The monoisotopic (exact) mass is 340 g/mol. The molecule has 2 amide bonds. The molecule has 5 nitrogen and oxygen atoms in total. The largest absolute Gasteiger partial charge is 0.545 e. The average Bonchev–Trinajstić information content (AvgIpc) is 2.82. The number of carbonyl (C=O) groups excluding carboxylic acids is 3. The molecule has 0 radical (unpaired) electrons. The summed E-state index contributed by atoms with van der Waals surface area (Å²) in [4.78, 5) is 37.8. The van der Waals surface area contributed by atoms with Crippen LogP contribution in [0.5, 0.6) is 0 Å². The highest BCUT2D eigenvalue weighted by atomic mass is 32.2. The topological polar surface area (TPSA) is 77.5 Å². The lowest BCUT2D eigenvalue weighted by Crippen LogP contribution is -2.31. The molecular weight excluding hydrogens is 326 g/mol. The standard InChI is InChI=1S/C18H15NO4S/c1-11-6-2-4-8-13(11)19-16(20)10-15(17(19)21)24-14-9-5-3-7-12(14)18(22)23/h2-9,15H,10H2,1H3,(H,22,23)/p-1/t15-/m0/s1. The Morgan fingerprint density at radius 3 is 2.50 bits per heavy atom. The molecule has 3 rings (SSSR count). The summed E-state index contributed by atoms with van der Waals surface area (Å²) in [5.74, 6) is -1.91. The summed E-state index contributed by atoms with van der Waals surface area (Å²) >= 11 is 1.09. The second-order valence-electron chi connectivity index (χ2n) is 5.45. The molecule has 1 aliphatic heterocycles. The Hall–Kier alpha value is -2.60. The minimum atomic E-state index is -1.30. The highest BCUT2D eigenvalue weighted by Gasteiger charge is 2.40. The number of anilines is 1. The van der Waals surface area contributed by atoms with Crippen molar-refractivity contribution in [3.63, 3.8) is 0 Å². The Labute approximate surface area is 143 Å². The summed E-state index contributed by atoms with van der Waals surface area (Å²) in [7, 11) is 0. The third-order valence-electron chi connectivity index (χ3n) is 3.84. The molecular formula is C18H14NO4S-. The van der Waals surface area contributed by atoms with Gasteiger partial charge in [-0.05, 0) is 24.6 Å². The lowest BCUT2D eigenvalue weighted by atomic mass is 10.2. The van der Waals surface area contributed by atoms with Crippen LogP contribution < -0.4 is 10.0 Å². The second kappa shape index (κ2) is 6.49. The fourth-order valence-electron chi connectivity index (χ4n) is 2.65. The maximum atomic E-state index is 12.7. The predicted molar refractivity (Wildman–Crippen MR) is 88.7 cm³/mol. The molecule has 2 aromatic rings. The number of rotatable bonds is 4. The number of hydrogen-bond donors (Lipinski definition) is 0. The number of benzene rings is 2. The van der Waals surface area contributed by atoms with Gasteiger partial charge in [-0.1, -0.05) is 36.4 Å². The maximum absolute atomic E-state index is 12.7. The normalized spacial score (nSPS) is 17.4. The van der Waals surface area contributed by atoms with Crippen molar-refractivity contribution in [2.75, 3.05) is 4.90 Å². The van der Waals surface area contributed by atoms with E-state index in [1.165, 1.54) is 11.0 Å². The van der Waals surface area contributed by atoms with Gasteiger partial charge in [0.25, 0.3) is 0 Å². The second-order valence-corrected chi connectivity index (χ2v) is 6.69. The van der Waals surface area contributed by atoms with Crippen molar-refractivity contribution in [1.29, 1.82) is 0 Å². The highest BCUT2D eigenvalue weighted by Crippen LogP contribution is 2.36. The van der Waals surface area contributed by atoms with Crippen molar-refractivity contribution in [2.45, 2.75) is 23.5 Å². The van der Waals surface area contributed by atoms with Crippen LogP contribution >= 0.6 is 11.8 Å². The molecule has 0 N–H and O–H groups in total. The van der Waals surface area contributed by atoms with Crippen LogP contribution in [0.3, 0.4) is 0 Å². The van der Waals surface area contributed by atoms with Gasteiger partial charge in [0, 0.05) is 16.9 Å². The number of aryl methyl sites for hydroxylation is 1. The van der Waals surface area contributed by atoms with Gasteiger partial charge < -0.3 is 9.90 Å². The van der Waals surface area contributed by atoms with Crippen molar-refractivity contribution >= 4 is 35.2 Å². The number of hydrogen-bond acceptors (Lipinski definition) is 5. The van der Waals surface area contributed by atoms with Crippen molar-refractivity contribution in [3.8, 4) is 0 Å². The van der Waals surface area contributed by atoms with E-state index in [0.717, 1.165) is 17.3 Å². The molecule has 0 spiro atoms. The van der Waals surface area contributed by atoms with Crippen LogP contribution in [-0.2, 0) is 9.59 Å². The number of aromatic carboxylic acids is 1. The van der Waals surface area contributed by atoms with Gasteiger partial charge in [-0.15, -0.1) is 11.8 Å². The Morgan fingerprint density at radius 2 is 1.79 bits per heavy atom. The summed E-state index contributed by atoms with van der Waals surface area (Å²) in [6.45, 7) is 1.84. The van der Waals surface area contributed by atoms with E-state index >= 15 is 0 Å². The molecule has 1 atom stereocenters. The first kappa shape index (κ1) is 16.3. The van der Waals surface area contributed by atoms with Gasteiger partial charge in [-0.3, -0.25) is 9.59 Å². The Morgan fingerprint density at radius 1 is 1.12 bits per heavy atom. The van der Waals surface area contributed by atoms with Crippen LogP contribution in [0.4, 0.5) is 5.69 Å². The van der Waals surface area contributed by atoms with Crippen molar-refractivity contribution in [3.05, 3.63) is 59.7 Å². The molecule has 0 saturated carbocycles. The zero-order valence-corrected chi connectivity index (χ0v) is 13.7. The number of thioether (sulfide) groups is 1. The molecule has 24 heavy (non-hydrogen) atoms. The molecule has 0 aliphatic carbocycles. The zero-order valence-electron chi connectivity index (χ0n) is 12.9. The number of amides is 2. The van der Waals surface area contributed by atoms with Gasteiger partial charge in [0.15, 0.2) is 0 Å². The van der Waals surface area contributed by atoms with Gasteiger partial charge in [0.2, 0.25) is 11.8 Å². The maximum Gasteiger partial charge on any atom is 0.247 e. The summed E-state index contributed by atoms with van der Waals surface area (Å²) in [6, 6.07) is 13.5. The fraction of sp³-hybridized carbons (Fsp3) is 0.167. The summed E-state index contributed by atoms with van der Waals surface area (Å²) < 4.78 is 0. The summed E-state index contributed by atoms with van der Waals surface area (Å²) in [6.07, 6.45) is 0.0409. The molecule has 1 fully saturated rings. The average molecular weight is 340 g/mol. The molecule has 2 aromatic carbocycles. The molecule has 0 unspecified atom stereocenters. The van der Waals surface area contributed by atoms with Crippen molar-refractivity contribution in [1.82, 2.24) is 0 Å². The van der Waals surface area contributed by atoms with Gasteiger partial charge in [0.1, 0.15) is 0 Å². The number of carboxylic acids is 1. The zero-order chi connectivity index (χ0) is 17.3. The highest BCUT2D eigenvalue weighted by molar-refractivity contribution is 8.00. The van der Waals surface area contributed by atoms with E-state index in [0.29, 0.717) is 10.6 Å². The number of carboxylic acid groups (broad SMARTS) is 1. The predicted octanol–water partition coefficient (Wildman–Crippen LogP) is 1.78. The van der Waals surface area contributed by atoms with Crippen LogP contribution in [0.25, 0.3) is 0 Å². The lowest BCUT2D eigenvalue weighted by molar-refractivity contribution is -0.255. The van der Waals surface area contributed by atoms with Crippen LogP contribution in [0.2, 0.25) is 0 Å². The number of carbonyl (C=O) groups is 3. The molecule has 6 heteroatoms. The quantitative estimate of drug-likeness (QED) is 0.793. The number of imide groups is 1. The van der Waals surface area contributed by atoms with Gasteiger partial charge in [0.05, 0.1) is 16.9 Å². The molecule has 0 aromatic heterocycles. The van der Waals surface area contributed by atoms with Gasteiger partial charge >= 0.3 is 0 Å². The minimum absolute atomic E-state index is 0.0251. The van der Waals surface area contributed by atoms with E-state index in [1.54, 1.807) is 30.3 Å². The Balaban J connectivity index is 1.88. The van der Waals surface area contributed by atoms with Gasteiger partial charge in [-0.2, -0.15) is 0 Å².